The minimum absolute atomic E-state index is 0.152. The van der Waals surface area contributed by atoms with Crippen LogP contribution in [-0.2, 0) is 0 Å². The van der Waals surface area contributed by atoms with Gasteiger partial charge in [-0.15, -0.1) is 0 Å². The van der Waals surface area contributed by atoms with E-state index < -0.39 is 0 Å². The Kier molecular flexibility index (Phi) is 5.25. The monoisotopic (exact) mass is 388 g/mol. The summed E-state index contributed by atoms with van der Waals surface area (Å²) in [4.78, 5) is 3.30. The normalized spacial score (nSPS) is 24.8. The standard InChI is InChI=1S/C21H22ClFN2S/c22-17-5-1-15(2-6-17)21(26)24-9-10-25-12-16-11-19(20(16)13-25)14-3-7-18(23)8-4-14/h1-8,16,19-20H,9-13H2,(H,24,26). The second-order valence-corrected chi connectivity index (χ2v) is 8.18. The number of likely N-dealkylation sites (tertiary alicyclic amines) is 1. The van der Waals surface area contributed by atoms with Gasteiger partial charge in [0, 0.05) is 36.8 Å². The maximum absolute atomic E-state index is 13.1. The van der Waals surface area contributed by atoms with Crippen LogP contribution < -0.4 is 5.32 Å². The van der Waals surface area contributed by atoms with Gasteiger partial charge in [0.1, 0.15) is 10.8 Å². The van der Waals surface area contributed by atoms with Gasteiger partial charge in [-0.05, 0) is 54.0 Å². The molecule has 136 valence electrons. The maximum atomic E-state index is 13.1. The van der Waals surface area contributed by atoms with Crippen LogP contribution in [0.15, 0.2) is 48.5 Å². The Hall–Kier alpha value is -1.49. The Balaban J connectivity index is 1.24. The van der Waals surface area contributed by atoms with Crippen molar-refractivity contribution >= 4 is 28.8 Å². The highest BCUT2D eigenvalue weighted by atomic mass is 35.5. The number of halogens is 2. The van der Waals surface area contributed by atoms with E-state index in [9.17, 15) is 4.39 Å². The fraction of sp³-hybridized carbons (Fsp3) is 0.381. The van der Waals surface area contributed by atoms with Crippen molar-refractivity contribution in [3.63, 3.8) is 0 Å². The molecule has 0 radical (unpaired) electrons. The highest BCUT2D eigenvalue weighted by molar-refractivity contribution is 7.80. The molecule has 2 aliphatic rings. The van der Waals surface area contributed by atoms with E-state index in [4.69, 9.17) is 23.8 Å². The van der Waals surface area contributed by atoms with Crippen molar-refractivity contribution in [2.45, 2.75) is 12.3 Å². The van der Waals surface area contributed by atoms with E-state index in [0.29, 0.717) is 11.8 Å². The van der Waals surface area contributed by atoms with Gasteiger partial charge in [0.2, 0.25) is 0 Å². The maximum Gasteiger partial charge on any atom is 0.123 e. The zero-order valence-electron chi connectivity index (χ0n) is 14.5. The van der Waals surface area contributed by atoms with Crippen molar-refractivity contribution in [3.8, 4) is 0 Å². The molecule has 2 fully saturated rings. The molecular formula is C21H22ClFN2S. The minimum Gasteiger partial charge on any atom is -0.375 e. The van der Waals surface area contributed by atoms with Crippen molar-refractivity contribution in [3.05, 3.63) is 70.5 Å². The SMILES string of the molecule is Fc1ccc(C2CC3CN(CCNC(=S)c4ccc(Cl)cc4)CC32)cc1. The first-order valence-electron chi connectivity index (χ1n) is 9.12. The van der Waals surface area contributed by atoms with Gasteiger partial charge in [-0.3, -0.25) is 0 Å². The molecule has 1 saturated heterocycles. The van der Waals surface area contributed by atoms with Crippen molar-refractivity contribution < 1.29 is 4.39 Å². The van der Waals surface area contributed by atoms with Crippen molar-refractivity contribution in [2.75, 3.05) is 26.2 Å². The smallest absolute Gasteiger partial charge is 0.123 e. The Morgan fingerprint density at radius 1 is 1.12 bits per heavy atom. The summed E-state index contributed by atoms with van der Waals surface area (Å²) in [5, 5.41) is 4.07. The summed E-state index contributed by atoms with van der Waals surface area (Å²) < 4.78 is 13.1. The Morgan fingerprint density at radius 2 is 1.85 bits per heavy atom. The zero-order valence-corrected chi connectivity index (χ0v) is 16.1. The lowest BCUT2D eigenvalue weighted by Gasteiger charge is -2.40. The first-order valence-corrected chi connectivity index (χ1v) is 9.90. The van der Waals surface area contributed by atoms with E-state index in [1.165, 1.54) is 12.0 Å². The number of hydrogen-bond donors (Lipinski definition) is 1. The first kappa shape index (κ1) is 17.9. The largest absolute Gasteiger partial charge is 0.375 e. The lowest BCUT2D eigenvalue weighted by atomic mass is 9.64. The topological polar surface area (TPSA) is 15.3 Å². The van der Waals surface area contributed by atoms with Gasteiger partial charge < -0.3 is 10.2 Å². The van der Waals surface area contributed by atoms with Gasteiger partial charge in [-0.25, -0.2) is 4.39 Å². The van der Waals surface area contributed by atoms with Crippen LogP contribution >= 0.6 is 23.8 Å². The van der Waals surface area contributed by atoms with Gasteiger partial charge in [0.25, 0.3) is 0 Å². The van der Waals surface area contributed by atoms with Crippen LogP contribution in [0.5, 0.6) is 0 Å². The van der Waals surface area contributed by atoms with Gasteiger partial charge in [0.05, 0.1) is 0 Å². The number of nitrogens with zero attached hydrogens (tertiary/aromatic N) is 1. The molecule has 0 amide bonds. The molecular weight excluding hydrogens is 367 g/mol. The molecule has 0 aromatic heterocycles. The molecule has 2 aromatic rings. The minimum atomic E-state index is -0.152. The summed E-state index contributed by atoms with van der Waals surface area (Å²) >= 11 is 11.4. The third kappa shape index (κ3) is 3.78. The van der Waals surface area contributed by atoms with Crippen molar-refractivity contribution in [1.29, 1.82) is 0 Å². The summed E-state index contributed by atoms with van der Waals surface area (Å²) in [6.07, 6.45) is 1.23. The van der Waals surface area contributed by atoms with E-state index in [-0.39, 0.29) is 5.82 Å². The average molecular weight is 389 g/mol. The van der Waals surface area contributed by atoms with Crippen LogP contribution in [0.2, 0.25) is 5.02 Å². The molecule has 1 saturated carbocycles. The summed E-state index contributed by atoms with van der Waals surface area (Å²) in [7, 11) is 0. The van der Waals surface area contributed by atoms with E-state index >= 15 is 0 Å². The number of fused-ring (bicyclic) bond motifs is 1. The van der Waals surface area contributed by atoms with Gasteiger partial charge in [-0.2, -0.15) is 0 Å². The zero-order chi connectivity index (χ0) is 18.1. The van der Waals surface area contributed by atoms with Crippen molar-refractivity contribution in [1.82, 2.24) is 10.2 Å². The number of nitrogens with one attached hydrogen (secondary N) is 1. The highest BCUT2D eigenvalue weighted by Gasteiger charge is 2.47. The summed E-state index contributed by atoms with van der Waals surface area (Å²) in [6, 6.07) is 14.7. The van der Waals surface area contributed by atoms with E-state index in [1.807, 2.05) is 36.4 Å². The number of rotatable bonds is 5. The molecule has 2 aromatic carbocycles. The molecule has 0 spiro atoms. The van der Waals surface area contributed by atoms with Gasteiger partial charge in [0.15, 0.2) is 0 Å². The molecule has 5 heteroatoms. The summed E-state index contributed by atoms with van der Waals surface area (Å²) in [5.74, 6) is 1.94. The third-order valence-corrected chi connectivity index (χ3v) is 6.39. The quantitative estimate of drug-likeness (QED) is 0.760. The predicted octanol–water partition coefficient (Wildman–Crippen LogP) is 4.48. The van der Waals surface area contributed by atoms with E-state index in [1.54, 1.807) is 12.1 Å². The third-order valence-electron chi connectivity index (χ3n) is 5.76. The molecule has 4 rings (SSSR count). The number of benzene rings is 2. The molecule has 0 bridgehead atoms. The molecule has 1 aliphatic heterocycles. The lowest BCUT2D eigenvalue weighted by molar-refractivity contribution is 0.191. The fourth-order valence-corrected chi connectivity index (χ4v) is 4.67. The molecule has 2 nitrogen and oxygen atoms in total. The molecule has 3 atom stereocenters. The number of thiocarbonyl (C=S) groups is 1. The van der Waals surface area contributed by atoms with Crippen LogP contribution in [0.1, 0.15) is 23.5 Å². The Morgan fingerprint density at radius 3 is 2.58 bits per heavy atom. The average Bonchev–Trinajstić information content (AvgIpc) is 2.94. The van der Waals surface area contributed by atoms with Gasteiger partial charge >= 0.3 is 0 Å². The van der Waals surface area contributed by atoms with Crippen LogP contribution in [0.4, 0.5) is 4.39 Å². The summed E-state index contributed by atoms with van der Waals surface area (Å²) in [6.45, 7) is 4.14. The van der Waals surface area contributed by atoms with Crippen LogP contribution in [0, 0.1) is 17.7 Å². The molecule has 1 heterocycles. The van der Waals surface area contributed by atoms with E-state index in [0.717, 1.165) is 47.7 Å². The van der Waals surface area contributed by atoms with Crippen LogP contribution in [0.3, 0.4) is 0 Å². The molecule has 1 aliphatic carbocycles. The number of hydrogen-bond acceptors (Lipinski definition) is 2. The lowest BCUT2D eigenvalue weighted by Crippen LogP contribution is -2.34. The fourth-order valence-electron chi connectivity index (χ4n) is 4.31. The van der Waals surface area contributed by atoms with Crippen LogP contribution in [-0.4, -0.2) is 36.1 Å². The molecule has 1 N–H and O–H groups in total. The Bertz CT molecular complexity index is 778. The second-order valence-electron chi connectivity index (χ2n) is 7.34. The van der Waals surface area contributed by atoms with Gasteiger partial charge in [-0.1, -0.05) is 48.1 Å². The molecule has 3 unspecified atom stereocenters. The molecule has 26 heavy (non-hydrogen) atoms. The van der Waals surface area contributed by atoms with Crippen LogP contribution in [0.25, 0.3) is 0 Å². The highest BCUT2D eigenvalue weighted by Crippen LogP contribution is 2.51. The van der Waals surface area contributed by atoms with Crippen molar-refractivity contribution in [2.24, 2.45) is 11.8 Å². The Labute approximate surface area is 164 Å². The van der Waals surface area contributed by atoms with E-state index in [2.05, 4.69) is 10.2 Å². The second kappa shape index (κ2) is 7.63. The predicted molar refractivity (Wildman–Crippen MR) is 108 cm³/mol. The summed E-state index contributed by atoms with van der Waals surface area (Å²) in [5.41, 5.74) is 2.29. The first-order chi connectivity index (χ1) is 12.6.